The van der Waals surface area contributed by atoms with Crippen LogP contribution in [-0.2, 0) is 6.18 Å². The van der Waals surface area contributed by atoms with E-state index in [4.69, 9.17) is 16.9 Å². The van der Waals surface area contributed by atoms with Crippen LogP contribution in [0.15, 0.2) is 18.2 Å². The first-order valence-electron chi connectivity index (χ1n) is 3.47. The molecule has 1 N–H and O–H groups in total. The Bertz CT molecular complexity index is 381. The highest BCUT2D eigenvalue weighted by Gasteiger charge is 2.30. The minimum Gasteiger partial charge on any atom is -0.291 e. The lowest BCUT2D eigenvalue weighted by molar-refractivity contribution is -0.137. The summed E-state index contributed by atoms with van der Waals surface area (Å²) < 4.78 is 36.4. The van der Waals surface area contributed by atoms with Gasteiger partial charge in [-0.2, -0.15) is 18.4 Å². The van der Waals surface area contributed by atoms with Crippen LogP contribution in [0.3, 0.4) is 0 Å². The molecule has 6 heteroatoms. The van der Waals surface area contributed by atoms with Crippen LogP contribution in [0.2, 0.25) is 5.02 Å². The van der Waals surface area contributed by atoms with Crippen molar-refractivity contribution in [3.63, 3.8) is 0 Å². The number of rotatable bonds is 1. The highest BCUT2D eigenvalue weighted by atomic mass is 35.5. The van der Waals surface area contributed by atoms with Crippen molar-refractivity contribution in [3.8, 4) is 6.19 Å². The number of nitriles is 1. The Kier molecular flexibility index (Phi) is 2.87. The van der Waals surface area contributed by atoms with E-state index in [1.807, 2.05) is 0 Å². The fraction of sp³-hybridized carbons (Fsp3) is 0.125. The van der Waals surface area contributed by atoms with E-state index >= 15 is 0 Å². The largest absolute Gasteiger partial charge is 0.416 e. The zero-order valence-electron chi connectivity index (χ0n) is 6.69. The molecule has 14 heavy (non-hydrogen) atoms. The summed E-state index contributed by atoms with van der Waals surface area (Å²) in [5.41, 5.74) is -0.687. The van der Waals surface area contributed by atoms with E-state index in [1.54, 1.807) is 6.19 Å². The Hall–Kier alpha value is -1.41. The molecule has 0 saturated carbocycles. The fourth-order valence-electron chi connectivity index (χ4n) is 0.853. The second kappa shape index (κ2) is 3.76. The first-order valence-corrected chi connectivity index (χ1v) is 3.85. The van der Waals surface area contributed by atoms with Gasteiger partial charge in [-0.25, -0.2) is 0 Å². The van der Waals surface area contributed by atoms with Crippen LogP contribution < -0.4 is 5.32 Å². The van der Waals surface area contributed by atoms with Crippen LogP contribution in [0.1, 0.15) is 5.56 Å². The molecule has 74 valence electrons. The summed E-state index contributed by atoms with van der Waals surface area (Å²) in [4.78, 5) is 0. The van der Waals surface area contributed by atoms with E-state index in [9.17, 15) is 13.2 Å². The van der Waals surface area contributed by atoms with Crippen molar-refractivity contribution >= 4 is 17.3 Å². The summed E-state index contributed by atoms with van der Waals surface area (Å²) in [5, 5.41) is 10.3. The number of anilines is 1. The molecule has 0 unspecified atom stereocenters. The van der Waals surface area contributed by atoms with Gasteiger partial charge in [0, 0.05) is 0 Å². The molecule has 0 aliphatic rings. The zero-order chi connectivity index (χ0) is 10.8. The van der Waals surface area contributed by atoms with Crippen molar-refractivity contribution in [1.29, 1.82) is 5.26 Å². The van der Waals surface area contributed by atoms with E-state index in [2.05, 4.69) is 5.32 Å². The maximum absolute atomic E-state index is 12.1. The minimum atomic E-state index is -4.42. The molecule has 1 aromatic carbocycles. The molecule has 0 saturated heterocycles. The van der Waals surface area contributed by atoms with Gasteiger partial charge in [-0.05, 0) is 18.2 Å². The maximum Gasteiger partial charge on any atom is 0.416 e. The number of halogens is 4. The standard InChI is InChI=1S/C8H4ClF3N2/c9-6-3-5(8(10,11)12)1-2-7(6)14-4-13/h1-3,14H. The van der Waals surface area contributed by atoms with E-state index in [1.165, 1.54) is 0 Å². The van der Waals surface area contributed by atoms with Gasteiger partial charge in [0.2, 0.25) is 0 Å². The summed E-state index contributed by atoms with van der Waals surface area (Å²) >= 11 is 5.50. The Labute approximate surface area is 82.9 Å². The van der Waals surface area contributed by atoms with Crippen LogP contribution in [-0.4, -0.2) is 0 Å². The first kappa shape index (κ1) is 10.7. The zero-order valence-corrected chi connectivity index (χ0v) is 7.45. The van der Waals surface area contributed by atoms with E-state index in [-0.39, 0.29) is 10.7 Å². The van der Waals surface area contributed by atoms with Gasteiger partial charge in [-0.3, -0.25) is 5.32 Å². The second-order valence-electron chi connectivity index (χ2n) is 2.43. The van der Waals surface area contributed by atoms with Crippen LogP contribution in [0.5, 0.6) is 0 Å². The molecule has 0 fully saturated rings. The monoisotopic (exact) mass is 220 g/mol. The molecule has 1 aromatic rings. The fourth-order valence-corrected chi connectivity index (χ4v) is 1.08. The van der Waals surface area contributed by atoms with Gasteiger partial charge in [0.15, 0.2) is 6.19 Å². The van der Waals surface area contributed by atoms with E-state index in [0.717, 1.165) is 18.2 Å². The lowest BCUT2D eigenvalue weighted by Crippen LogP contribution is -2.04. The number of nitrogens with zero attached hydrogens (tertiary/aromatic N) is 1. The second-order valence-corrected chi connectivity index (χ2v) is 2.84. The molecular formula is C8H4ClF3N2. The topological polar surface area (TPSA) is 35.8 Å². The highest BCUT2D eigenvalue weighted by Crippen LogP contribution is 2.33. The molecule has 0 atom stereocenters. The Balaban J connectivity index is 3.08. The van der Waals surface area contributed by atoms with Crippen molar-refractivity contribution in [1.82, 2.24) is 0 Å². The van der Waals surface area contributed by atoms with Crippen molar-refractivity contribution in [2.45, 2.75) is 6.18 Å². The summed E-state index contributed by atoms with van der Waals surface area (Å²) in [6, 6.07) is 2.72. The predicted molar refractivity (Wildman–Crippen MR) is 45.7 cm³/mol. The predicted octanol–water partition coefficient (Wildman–Crippen LogP) is 3.25. The van der Waals surface area contributed by atoms with Gasteiger partial charge in [-0.15, -0.1) is 0 Å². The van der Waals surface area contributed by atoms with E-state index < -0.39 is 11.7 Å². The average Bonchev–Trinajstić information content (AvgIpc) is 2.07. The van der Waals surface area contributed by atoms with Crippen molar-refractivity contribution in [2.75, 3.05) is 5.32 Å². The molecule has 0 spiro atoms. The smallest absolute Gasteiger partial charge is 0.291 e. The number of alkyl halides is 3. The van der Waals surface area contributed by atoms with Crippen molar-refractivity contribution in [2.24, 2.45) is 0 Å². The Morgan fingerprint density at radius 3 is 2.43 bits per heavy atom. The molecule has 0 radical (unpaired) electrons. The third-order valence-corrected chi connectivity index (χ3v) is 1.80. The van der Waals surface area contributed by atoms with Crippen LogP contribution in [0.4, 0.5) is 18.9 Å². The molecule has 0 amide bonds. The van der Waals surface area contributed by atoms with Crippen molar-refractivity contribution < 1.29 is 13.2 Å². The molecule has 0 bridgehead atoms. The number of nitrogens with one attached hydrogen (secondary N) is 1. The van der Waals surface area contributed by atoms with Gasteiger partial charge in [-0.1, -0.05) is 11.6 Å². The quantitative estimate of drug-likeness (QED) is 0.583. The van der Waals surface area contributed by atoms with Gasteiger partial charge in [0.05, 0.1) is 16.3 Å². The molecule has 0 aromatic heterocycles. The molecule has 1 rings (SSSR count). The Morgan fingerprint density at radius 1 is 1.36 bits per heavy atom. The van der Waals surface area contributed by atoms with Gasteiger partial charge in [0.25, 0.3) is 0 Å². The molecular weight excluding hydrogens is 217 g/mol. The van der Waals surface area contributed by atoms with Gasteiger partial charge >= 0.3 is 6.18 Å². The molecule has 0 aliphatic carbocycles. The third-order valence-electron chi connectivity index (χ3n) is 1.49. The first-order chi connectivity index (χ1) is 6.45. The minimum absolute atomic E-state index is 0.138. The van der Waals surface area contributed by atoms with Gasteiger partial charge in [0.1, 0.15) is 0 Å². The third kappa shape index (κ3) is 2.30. The molecule has 2 nitrogen and oxygen atoms in total. The normalized spacial score (nSPS) is 10.8. The average molecular weight is 221 g/mol. The maximum atomic E-state index is 12.1. The molecule has 0 aliphatic heterocycles. The van der Waals surface area contributed by atoms with Crippen LogP contribution in [0, 0.1) is 11.5 Å². The summed E-state index contributed by atoms with van der Waals surface area (Å²) in [5.74, 6) is 0. The molecule has 0 heterocycles. The number of hydrogen-bond donors (Lipinski definition) is 1. The Morgan fingerprint density at radius 2 is 2.00 bits per heavy atom. The highest BCUT2D eigenvalue weighted by molar-refractivity contribution is 6.33. The lowest BCUT2D eigenvalue weighted by Gasteiger charge is -2.08. The van der Waals surface area contributed by atoms with Crippen LogP contribution >= 0.6 is 11.6 Å². The van der Waals surface area contributed by atoms with Crippen LogP contribution in [0.25, 0.3) is 0 Å². The summed E-state index contributed by atoms with van der Waals surface area (Å²) in [6.07, 6.45) is -2.85. The SMILES string of the molecule is N#CNc1ccc(C(F)(F)F)cc1Cl. The number of benzene rings is 1. The summed E-state index contributed by atoms with van der Waals surface area (Å²) in [6.45, 7) is 0. The van der Waals surface area contributed by atoms with Gasteiger partial charge < -0.3 is 0 Å². The number of hydrogen-bond acceptors (Lipinski definition) is 2. The lowest BCUT2D eigenvalue weighted by atomic mass is 10.2. The summed E-state index contributed by atoms with van der Waals surface area (Å²) in [7, 11) is 0. The van der Waals surface area contributed by atoms with Crippen molar-refractivity contribution in [3.05, 3.63) is 28.8 Å². The van der Waals surface area contributed by atoms with E-state index in [0.29, 0.717) is 0 Å².